The van der Waals surface area contributed by atoms with Crippen molar-refractivity contribution in [2.24, 2.45) is 0 Å². The van der Waals surface area contributed by atoms with Gasteiger partial charge in [-0.1, -0.05) is 28.1 Å². The Kier molecular flexibility index (Phi) is 3.99. The van der Waals surface area contributed by atoms with Crippen molar-refractivity contribution in [3.63, 3.8) is 0 Å². The van der Waals surface area contributed by atoms with Crippen LogP contribution in [0.25, 0.3) is 11.1 Å². The van der Waals surface area contributed by atoms with Crippen LogP contribution in [0.4, 0.5) is 4.79 Å². The van der Waals surface area contributed by atoms with Crippen LogP contribution in [-0.2, 0) is 4.74 Å². The van der Waals surface area contributed by atoms with Crippen molar-refractivity contribution in [3.8, 4) is 11.1 Å². The number of carbonyl (C=O) groups is 1. The highest BCUT2D eigenvalue weighted by Gasteiger charge is 2.19. The van der Waals surface area contributed by atoms with E-state index >= 15 is 0 Å². The maximum Gasteiger partial charge on any atom is 0.435 e. The van der Waals surface area contributed by atoms with E-state index in [1.54, 1.807) is 12.4 Å². The summed E-state index contributed by atoms with van der Waals surface area (Å²) in [6, 6.07) is 5.94. The minimum Gasteiger partial charge on any atom is -0.442 e. The number of halogens is 1. The molecule has 2 rings (SSSR count). The lowest BCUT2D eigenvalue weighted by Gasteiger charge is -2.18. The molecule has 0 radical (unpaired) electrons. The summed E-state index contributed by atoms with van der Waals surface area (Å²) in [6.07, 6.45) is 2.87. The molecule has 0 amide bonds. The van der Waals surface area contributed by atoms with Gasteiger partial charge in [-0.2, -0.15) is 9.78 Å². The van der Waals surface area contributed by atoms with Crippen LogP contribution in [0.2, 0.25) is 0 Å². The minimum atomic E-state index is -0.533. The first-order chi connectivity index (χ1) is 9.28. The highest BCUT2D eigenvalue weighted by atomic mass is 79.9. The fourth-order valence-electron chi connectivity index (χ4n) is 1.79. The van der Waals surface area contributed by atoms with Crippen LogP contribution in [0.1, 0.15) is 26.3 Å². The number of benzene rings is 1. The molecular formula is C15H17BrN2O2. The van der Waals surface area contributed by atoms with Crippen molar-refractivity contribution < 1.29 is 9.53 Å². The Labute approximate surface area is 126 Å². The summed E-state index contributed by atoms with van der Waals surface area (Å²) in [5.74, 6) is 0. The Bertz CT molecular complexity index is 642. The maximum absolute atomic E-state index is 11.9. The van der Waals surface area contributed by atoms with Crippen molar-refractivity contribution >= 4 is 22.0 Å². The molecule has 2 aromatic rings. The fraction of sp³-hybridized carbons (Fsp3) is 0.333. The fourth-order valence-corrected chi connectivity index (χ4v) is 2.16. The van der Waals surface area contributed by atoms with E-state index in [0.717, 1.165) is 21.2 Å². The van der Waals surface area contributed by atoms with Gasteiger partial charge in [0.2, 0.25) is 0 Å². The quantitative estimate of drug-likeness (QED) is 0.774. The van der Waals surface area contributed by atoms with Crippen LogP contribution >= 0.6 is 15.9 Å². The van der Waals surface area contributed by atoms with Gasteiger partial charge < -0.3 is 4.74 Å². The van der Waals surface area contributed by atoms with Crippen molar-refractivity contribution in [1.82, 2.24) is 9.78 Å². The van der Waals surface area contributed by atoms with E-state index in [2.05, 4.69) is 21.0 Å². The van der Waals surface area contributed by atoms with Crippen LogP contribution < -0.4 is 0 Å². The minimum absolute atomic E-state index is 0.476. The van der Waals surface area contributed by atoms with Gasteiger partial charge in [0.15, 0.2) is 0 Å². The van der Waals surface area contributed by atoms with Gasteiger partial charge >= 0.3 is 6.09 Å². The van der Waals surface area contributed by atoms with Gasteiger partial charge in [-0.05, 0) is 44.9 Å². The summed E-state index contributed by atoms with van der Waals surface area (Å²) in [6.45, 7) is 7.50. The lowest BCUT2D eigenvalue weighted by atomic mass is 10.0. The molecule has 1 heterocycles. The normalized spacial score (nSPS) is 11.4. The van der Waals surface area contributed by atoms with Crippen LogP contribution in [0.5, 0.6) is 0 Å². The van der Waals surface area contributed by atoms with Gasteiger partial charge in [0.25, 0.3) is 0 Å². The zero-order chi connectivity index (χ0) is 14.9. The van der Waals surface area contributed by atoms with Gasteiger partial charge in [0.1, 0.15) is 5.60 Å². The van der Waals surface area contributed by atoms with Crippen LogP contribution in [0, 0.1) is 6.92 Å². The number of rotatable bonds is 1. The number of carbonyl (C=O) groups excluding carboxylic acids is 1. The number of hydrogen-bond donors (Lipinski definition) is 0. The number of hydrogen-bond acceptors (Lipinski definition) is 3. The largest absolute Gasteiger partial charge is 0.442 e. The average Bonchev–Trinajstić information content (AvgIpc) is 2.80. The van der Waals surface area contributed by atoms with Gasteiger partial charge in [0, 0.05) is 16.2 Å². The molecule has 0 aliphatic rings. The summed E-state index contributed by atoms with van der Waals surface area (Å²) in [5.41, 5.74) is 2.50. The highest BCUT2D eigenvalue weighted by Crippen LogP contribution is 2.28. The first-order valence-corrected chi connectivity index (χ1v) is 7.11. The number of aromatic nitrogens is 2. The molecule has 106 valence electrons. The molecule has 5 heteroatoms. The summed E-state index contributed by atoms with van der Waals surface area (Å²) in [7, 11) is 0. The standard InChI is InChI=1S/C15H17BrN2O2/c1-10-12(6-5-7-13(10)16)11-8-17-18(9-11)14(19)20-15(2,3)4/h5-9H,1-4H3. The molecule has 20 heavy (non-hydrogen) atoms. The lowest BCUT2D eigenvalue weighted by Crippen LogP contribution is -2.27. The number of ether oxygens (including phenoxy) is 1. The average molecular weight is 337 g/mol. The molecule has 0 saturated carbocycles. The smallest absolute Gasteiger partial charge is 0.435 e. The third-order valence-electron chi connectivity index (χ3n) is 2.74. The first-order valence-electron chi connectivity index (χ1n) is 6.31. The Morgan fingerprint density at radius 1 is 1.35 bits per heavy atom. The van der Waals surface area contributed by atoms with Crippen LogP contribution in [-0.4, -0.2) is 21.5 Å². The Morgan fingerprint density at radius 3 is 2.70 bits per heavy atom. The monoisotopic (exact) mass is 336 g/mol. The second kappa shape index (κ2) is 5.40. The Balaban J connectivity index is 2.30. The summed E-state index contributed by atoms with van der Waals surface area (Å²) >= 11 is 3.50. The first kappa shape index (κ1) is 14.8. The molecule has 0 aliphatic heterocycles. The topological polar surface area (TPSA) is 44.1 Å². The van der Waals surface area contributed by atoms with Crippen molar-refractivity contribution in [1.29, 1.82) is 0 Å². The molecular weight excluding hydrogens is 320 g/mol. The molecule has 1 aromatic carbocycles. The SMILES string of the molecule is Cc1c(Br)cccc1-c1cnn(C(=O)OC(C)(C)C)c1. The third kappa shape index (κ3) is 3.28. The van der Waals surface area contributed by atoms with E-state index in [0.29, 0.717) is 0 Å². The van der Waals surface area contributed by atoms with E-state index in [9.17, 15) is 4.79 Å². The van der Waals surface area contributed by atoms with E-state index in [1.165, 1.54) is 4.68 Å². The van der Waals surface area contributed by atoms with E-state index in [-0.39, 0.29) is 0 Å². The summed E-state index contributed by atoms with van der Waals surface area (Å²) in [4.78, 5) is 11.9. The maximum atomic E-state index is 11.9. The van der Waals surface area contributed by atoms with Crippen molar-refractivity contribution in [3.05, 3.63) is 40.6 Å². The molecule has 0 saturated heterocycles. The third-order valence-corrected chi connectivity index (χ3v) is 3.60. The summed E-state index contributed by atoms with van der Waals surface area (Å²) in [5, 5.41) is 4.07. The molecule has 0 aliphatic carbocycles. The van der Waals surface area contributed by atoms with Crippen LogP contribution in [0.15, 0.2) is 35.1 Å². The molecule has 0 spiro atoms. The zero-order valence-electron chi connectivity index (χ0n) is 12.0. The molecule has 1 aromatic heterocycles. The molecule has 0 atom stereocenters. The van der Waals surface area contributed by atoms with E-state index in [4.69, 9.17) is 4.74 Å². The van der Waals surface area contributed by atoms with Crippen molar-refractivity contribution in [2.45, 2.75) is 33.3 Å². The summed E-state index contributed by atoms with van der Waals surface area (Å²) < 4.78 is 7.53. The van der Waals surface area contributed by atoms with E-state index < -0.39 is 11.7 Å². The zero-order valence-corrected chi connectivity index (χ0v) is 13.6. The second-order valence-corrected chi connectivity index (χ2v) is 6.42. The van der Waals surface area contributed by atoms with Gasteiger partial charge in [-0.15, -0.1) is 0 Å². The van der Waals surface area contributed by atoms with Gasteiger partial charge in [-0.25, -0.2) is 4.79 Å². The predicted octanol–water partition coefficient (Wildman–Crippen LogP) is 4.40. The van der Waals surface area contributed by atoms with Gasteiger partial charge in [0.05, 0.1) is 6.20 Å². The number of nitrogens with zero attached hydrogens (tertiary/aromatic N) is 2. The Morgan fingerprint density at radius 2 is 2.05 bits per heavy atom. The molecule has 0 bridgehead atoms. The molecule has 0 unspecified atom stereocenters. The molecule has 0 N–H and O–H groups in total. The highest BCUT2D eigenvalue weighted by molar-refractivity contribution is 9.10. The second-order valence-electron chi connectivity index (χ2n) is 5.57. The lowest BCUT2D eigenvalue weighted by molar-refractivity contribution is 0.0514. The Hall–Kier alpha value is -1.62. The predicted molar refractivity (Wildman–Crippen MR) is 81.7 cm³/mol. The van der Waals surface area contributed by atoms with E-state index in [1.807, 2.05) is 45.9 Å². The molecule has 0 fully saturated rings. The van der Waals surface area contributed by atoms with Crippen molar-refractivity contribution in [2.75, 3.05) is 0 Å². The van der Waals surface area contributed by atoms with Crippen LogP contribution in [0.3, 0.4) is 0 Å². The van der Waals surface area contributed by atoms with Gasteiger partial charge in [-0.3, -0.25) is 0 Å². The molecule has 4 nitrogen and oxygen atoms in total.